The smallest absolute Gasteiger partial charge is 0.134 e. The topological polar surface area (TPSA) is 54.0 Å². The number of methoxy groups -OCH3 is 2. The summed E-state index contributed by atoms with van der Waals surface area (Å²) in [7, 11) is 3.30. The molecule has 2 aromatic carbocycles. The van der Waals surface area contributed by atoms with Crippen LogP contribution in [0.4, 0.5) is 0 Å². The van der Waals surface area contributed by atoms with Crippen LogP contribution in [-0.4, -0.2) is 32.2 Å². The van der Waals surface area contributed by atoms with E-state index in [4.69, 9.17) is 18.9 Å². The number of hydrogen-bond donors (Lipinski definition) is 0. The monoisotopic (exact) mass is 468 g/mol. The lowest BCUT2D eigenvalue weighted by Gasteiger charge is -2.17. The van der Waals surface area contributed by atoms with Gasteiger partial charge in [0.15, 0.2) is 0 Å². The van der Waals surface area contributed by atoms with E-state index in [1.54, 1.807) is 32.5 Å². The second-order valence-corrected chi connectivity index (χ2v) is 9.40. The highest BCUT2D eigenvalue weighted by Crippen LogP contribution is 2.50. The molecule has 0 saturated heterocycles. The van der Waals surface area contributed by atoms with Crippen molar-refractivity contribution >= 4 is 17.1 Å². The molecule has 0 amide bonds. The SMILES string of the molecule is COc1cccc(OC(C)C)c1-c1cc(CC(C)=O)c(-c2c(OC)cccc2OC(C)C)s1. The van der Waals surface area contributed by atoms with Crippen molar-refractivity contribution in [2.75, 3.05) is 14.2 Å². The minimum absolute atomic E-state index is 0.00670. The average Bonchev–Trinajstić information content (AvgIpc) is 3.14. The summed E-state index contributed by atoms with van der Waals surface area (Å²) in [6.07, 6.45) is 0.305. The van der Waals surface area contributed by atoms with E-state index in [0.29, 0.717) is 17.9 Å². The molecule has 1 aromatic heterocycles. The third-order valence-electron chi connectivity index (χ3n) is 4.86. The Labute approximate surface area is 200 Å². The van der Waals surface area contributed by atoms with E-state index in [1.165, 1.54) is 0 Å². The summed E-state index contributed by atoms with van der Waals surface area (Å²) in [5.41, 5.74) is 2.64. The van der Waals surface area contributed by atoms with Crippen LogP contribution in [0, 0.1) is 0 Å². The molecule has 0 aliphatic rings. The highest BCUT2D eigenvalue weighted by Gasteiger charge is 2.24. The van der Waals surface area contributed by atoms with Crippen molar-refractivity contribution in [1.82, 2.24) is 0 Å². The van der Waals surface area contributed by atoms with Gasteiger partial charge in [0, 0.05) is 16.2 Å². The second kappa shape index (κ2) is 10.8. The standard InChI is InChI=1S/C27H32O5S/c1-16(2)31-22-12-8-10-20(29-6)25(22)24-15-19(14-18(5)28)27(33-24)26-21(30-7)11-9-13-23(26)32-17(3)4/h8-13,15-17H,14H2,1-7H3. The summed E-state index contributed by atoms with van der Waals surface area (Å²) in [6, 6.07) is 13.6. The molecule has 0 unspecified atom stereocenters. The molecular formula is C27H32O5S. The highest BCUT2D eigenvalue weighted by atomic mass is 32.1. The van der Waals surface area contributed by atoms with Gasteiger partial charge in [0.2, 0.25) is 0 Å². The van der Waals surface area contributed by atoms with Gasteiger partial charge in [0.25, 0.3) is 0 Å². The van der Waals surface area contributed by atoms with Crippen LogP contribution in [0.2, 0.25) is 0 Å². The molecule has 0 fully saturated rings. The van der Waals surface area contributed by atoms with Gasteiger partial charge in [-0.3, -0.25) is 4.79 Å². The van der Waals surface area contributed by atoms with Crippen LogP contribution in [0.1, 0.15) is 40.2 Å². The van der Waals surface area contributed by atoms with Gasteiger partial charge in [-0.1, -0.05) is 12.1 Å². The number of ether oxygens (including phenoxy) is 4. The first kappa shape index (κ1) is 24.6. The summed E-state index contributed by atoms with van der Waals surface area (Å²) in [5.74, 6) is 2.96. The molecule has 0 radical (unpaired) electrons. The first-order valence-electron chi connectivity index (χ1n) is 11.0. The molecular weight excluding hydrogens is 436 g/mol. The number of carbonyl (C=O) groups excluding carboxylic acids is 1. The fourth-order valence-electron chi connectivity index (χ4n) is 3.70. The fourth-order valence-corrected chi connectivity index (χ4v) is 4.99. The number of ketones is 1. The van der Waals surface area contributed by atoms with E-state index in [9.17, 15) is 4.79 Å². The Hall–Kier alpha value is -2.99. The van der Waals surface area contributed by atoms with Gasteiger partial charge in [-0.2, -0.15) is 0 Å². The van der Waals surface area contributed by atoms with Gasteiger partial charge in [-0.15, -0.1) is 11.3 Å². The van der Waals surface area contributed by atoms with Crippen LogP contribution < -0.4 is 18.9 Å². The zero-order valence-electron chi connectivity index (χ0n) is 20.4. The van der Waals surface area contributed by atoms with Crippen molar-refractivity contribution in [2.45, 2.75) is 53.2 Å². The molecule has 176 valence electrons. The van der Waals surface area contributed by atoms with Crippen LogP contribution >= 0.6 is 11.3 Å². The highest BCUT2D eigenvalue weighted by molar-refractivity contribution is 7.19. The Balaban J connectivity index is 2.29. The third-order valence-corrected chi connectivity index (χ3v) is 6.08. The van der Waals surface area contributed by atoms with Gasteiger partial charge in [-0.05, 0) is 70.5 Å². The van der Waals surface area contributed by atoms with Crippen molar-refractivity contribution in [3.05, 3.63) is 48.0 Å². The van der Waals surface area contributed by atoms with E-state index in [0.717, 1.165) is 37.9 Å². The summed E-state index contributed by atoms with van der Waals surface area (Å²) >= 11 is 1.58. The molecule has 0 bridgehead atoms. The van der Waals surface area contributed by atoms with Crippen molar-refractivity contribution in [3.8, 4) is 43.9 Å². The van der Waals surface area contributed by atoms with Crippen molar-refractivity contribution in [3.63, 3.8) is 0 Å². The van der Waals surface area contributed by atoms with E-state index in [1.807, 2.05) is 64.1 Å². The third kappa shape index (κ3) is 5.69. The number of carbonyl (C=O) groups is 1. The second-order valence-electron chi connectivity index (χ2n) is 8.34. The van der Waals surface area contributed by atoms with E-state index >= 15 is 0 Å². The normalized spacial score (nSPS) is 11.1. The van der Waals surface area contributed by atoms with Crippen molar-refractivity contribution in [2.24, 2.45) is 0 Å². The van der Waals surface area contributed by atoms with Crippen LogP contribution in [0.15, 0.2) is 42.5 Å². The molecule has 0 spiro atoms. The molecule has 0 N–H and O–H groups in total. The first-order valence-corrected chi connectivity index (χ1v) is 11.9. The minimum Gasteiger partial charge on any atom is -0.496 e. The van der Waals surface area contributed by atoms with E-state index in [2.05, 4.69) is 6.07 Å². The largest absolute Gasteiger partial charge is 0.496 e. The molecule has 33 heavy (non-hydrogen) atoms. The molecule has 3 rings (SSSR count). The van der Waals surface area contributed by atoms with Gasteiger partial charge in [-0.25, -0.2) is 0 Å². The Kier molecular flexibility index (Phi) is 8.03. The van der Waals surface area contributed by atoms with Crippen LogP contribution in [0.25, 0.3) is 20.9 Å². The molecule has 0 atom stereocenters. The van der Waals surface area contributed by atoms with E-state index < -0.39 is 0 Å². The number of thiophene rings is 1. The van der Waals surface area contributed by atoms with Gasteiger partial charge in [0.05, 0.1) is 37.6 Å². The molecule has 0 aliphatic heterocycles. The van der Waals surface area contributed by atoms with Crippen LogP contribution in [-0.2, 0) is 11.2 Å². The van der Waals surface area contributed by atoms with Gasteiger partial charge < -0.3 is 18.9 Å². The average molecular weight is 469 g/mol. The van der Waals surface area contributed by atoms with Crippen LogP contribution in [0.3, 0.4) is 0 Å². The Morgan fingerprint density at radius 1 is 0.818 bits per heavy atom. The maximum absolute atomic E-state index is 12.2. The Morgan fingerprint density at radius 2 is 1.30 bits per heavy atom. The summed E-state index contributed by atoms with van der Waals surface area (Å²) < 4.78 is 23.6. The maximum atomic E-state index is 12.2. The van der Waals surface area contributed by atoms with Gasteiger partial charge >= 0.3 is 0 Å². The first-order chi connectivity index (χ1) is 15.7. The lowest BCUT2D eigenvalue weighted by Crippen LogP contribution is -2.07. The van der Waals surface area contributed by atoms with Crippen LogP contribution in [0.5, 0.6) is 23.0 Å². The maximum Gasteiger partial charge on any atom is 0.134 e. The van der Waals surface area contributed by atoms with Crippen molar-refractivity contribution < 1.29 is 23.7 Å². The Morgan fingerprint density at radius 3 is 1.79 bits per heavy atom. The molecule has 5 nitrogen and oxygen atoms in total. The summed E-state index contributed by atoms with van der Waals surface area (Å²) in [4.78, 5) is 14.1. The lowest BCUT2D eigenvalue weighted by molar-refractivity contribution is -0.116. The molecule has 3 aromatic rings. The molecule has 0 aliphatic carbocycles. The summed E-state index contributed by atoms with van der Waals surface area (Å²) in [6.45, 7) is 9.57. The predicted molar refractivity (Wildman–Crippen MR) is 134 cm³/mol. The van der Waals surface area contributed by atoms with Crippen molar-refractivity contribution in [1.29, 1.82) is 0 Å². The number of hydrogen-bond acceptors (Lipinski definition) is 6. The number of benzene rings is 2. The number of rotatable bonds is 10. The quantitative estimate of drug-likeness (QED) is 0.327. The Bertz CT molecular complexity index is 1110. The fraction of sp³-hybridized carbons (Fsp3) is 0.370. The number of Topliss-reactive ketones (excluding diaryl/α,β-unsaturated/α-hetero) is 1. The summed E-state index contributed by atoms with van der Waals surface area (Å²) in [5, 5.41) is 0. The zero-order valence-corrected chi connectivity index (χ0v) is 21.2. The minimum atomic E-state index is -0.00759. The van der Waals surface area contributed by atoms with Gasteiger partial charge in [0.1, 0.15) is 28.8 Å². The molecule has 0 saturated carbocycles. The predicted octanol–water partition coefficient (Wildman–Crippen LogP) is 6.81. The molecule has 1 heterocycles. The van der Waals surface area contributed by atoms with E-state index in [-0.39, 0.29) is 18.0 Å². The lowest BCUT2D eigenvalue weighted by atomic mass is 10.0. The molecule has 6 heteroatoms. The zero-order chi connectivity index (χ0) is 24.1.